The van der Waals surface area contributed by atoms with E-state index in [9.17, 15) is 9.90 Å². The Hall–Kier alpha value is -1.69. The van der Waals surface area contributed by atoms with Crippen molar-refractivity contribution in [3.8, 4) is 0 Å². The van der Waals surface area contributed by atoms with Gasteiger partial charge >= 0.3 is 0 Å². The minimum absolute atomic E-state index is 0.162. The molecule has 1 aliphatic rings. The van der Waals surface area contributed by atoms with Crippen LogP contribution in [0.25, 0.3) is 0 Å². The number of rotatable bonds is 4. The first-order valence-electron chi connectivity index (χ1n) is 7.15. The van der Waals surface area contributed by atoms with Crippen molar-refractivity contribution in [2.75, 3.05) is 25.0 Å². The van der Waals surface area contributed by atoms with E-state index in [1.165, 1.54) is 6.20 Å². The molecular formula is C14H22N4O2. The Morgan fingerprint density at radius 2 is 2.30 bits per heavy atom. The van der Waals surface area contributed by atoms with E-state index in [0.29, 0.717) is 24.6 Å². The van der Waals surface area contributed by atoms with Crippen molar-refractivity contribution in [3.63, 3.8) is 0 Å². The minimum atomic E-state index is -0.453. The van der Waals surface area contributed by atoms with Crippen molar-refractivity contribution in [2.45, 2.75) is 32.8 Å². The molecule has 1 aliphatic heterocycles. The second kappa shape index (κ2) is 6.65. The summed E-state index contributed by atoms with van der Waals surface area (Å²) in [6.07, 6.45) is 4.44. The molecular weight excluding hydrogens is 256 g/mol. The van der Waals surface area contributed by atoms with E-state index in [2.05, 4.69) is 22.2 Å². The molecule has 0 bridgehead atoms. The van der Waals surface area contributed by atoms with Crippen molar-refractivity contribution in [2.24, 2.45) is 5.92 Å². The van der Waals surface area contributed by atoms with Gasteiger partial charge in [0, 0.05) is 19.6 Å². The number of carbonyl (C=O) groups excluding carboxylic acids is 1. The molecule has 110 valence electrons. The molecule has 0 aromatic carbocycles. The van der Waals surface area contributed by atoms with Gasteiger partial charge in [0.1, 0.15) is 11.5 Å². The van der Waals surface area contributed by atoms with Crippen molar-refractivity contribution in [1.82, 2.24) is 14.9 Å². The first-order valence-corrected chi connectivity index (χ1v) is 7.15. The topological polar surface area (TPSA) is 78.4 Å². The summed E-state index contributed by atoms with van der Waals surface area (Å²) in [5, 5.41) is 13.0. The fourth-order valence-electron chi connectivity index (χ4n) is 2.18. The zero-order valence-electron chi connectivity index (χ0n) is 12.0. The summed E-state index contributed by atoms with van der Waals surface area (Å²) in [6.45, 7) is 5.94. The van der Waals surface area contributed by atoms with Gasteiger partial charge in [0.15, 0.2) is 0 Å². The number of likely N-dealkylation sites (tertiary alicyclic amines) is 1. The standard InChI is InChI=1S/C14H22N4O2/c1-3-5-15-13-8-16-11(7-17-13)14(20)18-6-4-10(2)12(19)9-18/h7-8,10,12,19H,3-6,9H2,1-2H3,(H,15,17). The van der Waals surface area contributed by atoms with Crippen LogP contribution in [0.2, 0.25) is 0 Å². The Labute approximate surface area is 119 Å². The molecule has 0 saturated carbocycles. The number of nitrogens with zero attached hydrogens (tertiary/aromatic N) is 3. The third kappa shape index (κ3) is 3.45. The molecule has 2 N–H and O–H groups in total. The zero-order chi connectivity index (χ0) is 14.5. The molecule has 1 aromatic heterocycles. The lowest BCUT2D eigenvalue weighted by Gasteiger charge is -2.33. The Balaban J connectivity index is 1.98. The van der Waals surface area contributed by atoms with Gasteiger partial charge in [0.05, 0.1) is 18.5 Å². The molecule has 2 rings (SSSR count). The summed E-state index contributed by atoms with van der Waals surface area (Å²) >= 11 is 0. The predicted molar refractivity (Wildman–Crippen MR) is 76.5 cm³/mol. The minimum Gasteiger partial charge on any atom is -0.391 e. The zero-order valence-corrected chi connectivity index (χ0v) is 12.0. The number of amides is 1. The van der Waals surface area contributed by atoms with Crippen LogP contribution in [0.4, 0.5) is 5.82 Å². The monoisotopic (exact) mass is 278 g/mol. The highest BCUT2D eigenvalue weighted by Gasteiger charge is 2.28. The lowest BCUT2D eigenvalue weighted by Crippen LogP contribution is -2.46. The average molecular weight is 278 g/mol. The Kier molecular flexibility index (Phi) is 4.89. The van der Waals surface area contributed by atoms with Gasteiger partial charge in [0.25, 0.3) is 5.91 Å². The van der Waals surface area contributed by atoms with Crippen LogP contribution in [0.5, 0.6) is 0 Å². The smallest absolute Gasteiger partial charge is 0.274 e. The SMILES string of the molecule is CCCNc1cnc(C(=O)N2CCC(C)C(O)C2)cn1. The summed E-state index contributed by atoms with van der Waals surface area (Å²) in [5.74, 6) is 0.756. The van der Waals surface area contributed by atoms with Crippen LogP contribution >= 0.6 is 0 Å². The Bertz CT molecular complexity index is 449. The number of aliphatic hydroxyl groups excluding tert-OH is 1. The maximum absolute atomic E-state index is 12.3. The molecule has 0 spiro atoms. The molecule has 1 amide bonds. The predicted octanol–water partition coefficient (Wildman–Crippen LogP) is 1.14. The average Bonchev–Trinajstić information content (AvgIpc) is 2.48. The second-order valence-electron chi connectivity index (χ2n) is 5.30. The molecule has 0 radical (unpaired) electrons. The van der Waals surface area contributed by atoms with Gasteiger partial charge in [-0.25, -0.2) is 9.97 Å². The first kappa shape index (κ1) is 14.7. The van der Waals surface area contributed by atoms with E-state index in [1.807, 2.05) is 6.92 Å². The third-order valence-corrected chi connectivity index (χ3v) is 3.63. The molecule has 1 saturated heterocycles. The van der Waals surface area contributed by atoms with Crippen LogP contribution in [0.1, 0.15) is 37.2 Å². The van der Waals surface area contributed by atoms with Gasteiger partial charge in [-0.15, -0.1) is 0 Å². The van der Waals surface area contributed by atoms with Crippen LogP contribution < -0.4 is 5.32 Å². The number of nitrogens with one attached hydrogen (secondary N) is 1. The molecule has 2 atom stereocenters. The molecule has 2 unspecified atom stereocenters. The Morgan fingerprint density at radius 3 is 2.90 bits per heavy atom. The van der Waals surface area contributed by atoms with Crippen LogP contribution in [0.3, 0.4) is 0 Å². The van der Waals surface area contributed by atoms with Gasteiger partial charge in [-0.05, 0) is 18.8 Å². The summed E-state index contributed by atoms with van der Waals surface area (Å²) in [4.78, 5) is 22.3. The van der Waals surface area contributed by atoms with Crippen molar-refractivity contribution >= 4 is 11.7 Å². The second-order valence-corrected chi connectivity index (χ2v) is 5.30. The molecule has 6 nitrogen and oxygen atoms in total. The highest BCUT2D eigenvalue weighted by atomic mass is 16.3. The highest BCUT2D eigenvalue weighted by Crippen LogP contribution is 2.18. The molecule has 0 aliphatic carbocycles. The number of aromatic nitrogens is 2. The van der Waals surface area contributed by atoms with Crippen molar-refractivity contribution < 1.29 is 9.90 Å². The van der Waals surface area contributed by atoms with Gasteiger partial charge in [-0.3, -0.25) is 4.79 Å². The highest BCUT2D eigenvalue weighted by molar-refractivity contribution is 5.92. The summed E-state index contributed by atoms with van der Waals surface area (Å²) < 4.78 is 0. The van der Waals surface area contributed by atoms with Crippen LogP contribution in [0, 0.1) is 5.92 Å². The summed E-state index contributed by atoms with van der Waals surface area (Å²) in [5.41, 5.74) is 0.328. The van der Waals surface area contributed by atoms with Gasteiger partial charge in [-0.2, -0.15) is 0 Å². The quantitative estimate of drug-likeness (QED) is 0.863. The maximum Gasteiger partial charge on any atom is 0.274 e. The largest absolute Gasteiger partial charge is 0.391 e. The van der Waals surface area contributed by atoms with E-state index >= 15 is 0 Å². The number of β-amino-alcohol motifs (C(OH)–C–C–N with tert-alkyl or cyclic N) is 1. The van der Waals surface area contributed by atoms with Gasteiger partial charge in [-0.1, -0.05) is 13.8 Å². The van der Waals surface area contributed by atoms with E-state index in [0.717, 1.165) is 19.4 Å². The molecule has 20 heavy (non-hydrogen) atoms. The van der Waals surface area contributed by atoms with Crippen molar-refractivity contribution in [1.29, 1.82) is 0 Å². The molecule has 1 fully saturated rings. The Morgan fingerprint density at radius 1 is 1.50 bits per heavy atom. The van der Waals surface area contributed by atoms with Gasteiger partial charge in [0.2, 0.25) is 0 Å². The maximum atomic E-state index is 12.3. The summed E-state index contributed by atoms with van der Waals surface area (Å²) in [7, 11) is 0. The normalized spacial score (nSPS) is 22.6. The van der Waals surface area contributed by atoms with Crippen LogP contribution in [0.15, 0.2) is 12.4 Å². The fraction of sp³-hybridized carbons (Fsp3) is 0.643. The summed E-state index contributed by atoms with van der Waals surface area (Å²) in [6, 6.07) is 0. The van der Waals surface area contributed by atoms with Crippen LogP contribution in [-0.2, 0) is 0 Å². The first-order chi connectivity index (χ1) is 9.61. The van der Waals surface area contributed by atoms with Crippen LogP contribution in [-0.4, -0.2) is 51.6 Å². The van der Waals surface area contributed by atoms with E-state index in [4.69, 9.17) is 0 Å². The fourth-order valence-corrected chi connectivity index (χ4v) is 2.18. The van der Waals surface area contributed by atoms with E-state index < -0.39 is 6.10 Å². The van der Waals surface area contributed by atoms with E-state index in [1.54, 1.807) is 11.1 Å². The van der Waals surface area contributed by atoms with E-state index in [-0.39, 0.29) is 11.8 Å². The van der Waals surface area contributed by atoms with Gasteiger partial charge < -0.3 is 15.3 Å². The number of carbonyl (C=O) groups is 1. The third-order valence-electron chi connectivity index (χ3n) is 3.63. The molecule has 6 heteroatoms. The number of hydrogen-bond donors (Lipinski definition) is 2. The van der Waals surface area contributed by atoms with Crippen molar-refractivity contribution in [3.05, 3.63) is 18.1 Å². The number of piperidine rings is 1. The number of hydrogen-bond acceptors (Lipinski definition) is 5. The lowest BCUT2D eigenvalue weighted by molar-refractivity contribution is 0.0245. The number of anilines is 1. The molecule has 1 aromatic rings. The number of aliphatic hydroxyl groups is 1. The lowest BCUT2D eigenvalue weighted by atomic mass is 9.96. The molecule has 2 heterocycles.